The number of benzene rings is 2. The molecule has 5 rings (SSSR count). The fourth-order valence-electron chi connectivity index (χ4n) is 6.65. The Bertz CT molecular complexity index is 1820. The van der Waals surface area contributed by atoms with Crippen molar-refractivity contribution >= 4 is 29.7 Å². The molecule has 3 aromatic rings. The molecular weight excluding hydrogens is 666 g/mol. The van der Waals surface area contributed by atoms with Crippen LogP contribution in [-0.2, 0) is 25.7 Å². The number of hydrogen-bond acceptors (Lipinski definition) is 7. The second kappa shape index (κ2) is 15.2. The van der Waals surface area contributed by atoms with E-state index in [-0.39, 0.29) is 50.5 Å². The molecule has 270 valence electrons. The number of imidazole rings is 1. The van der Waals surface area contributed by atoms with Crippen LogP contribution >= 0.6 is 0 Å². The fraction of sp³-hybridized carbons (Fsp3) is 0.389. The lowest BCUT2D eigenvalue weighted by molar-refractivity contribution is -0.141. The number of amides is 5. The van der Waals surface area contributed by atoms with E-state index in [2.05, 4.69) is 5.32 Å². The molecule has 2 aliphatic rings. The van der Waals surface area contributed by atoms with Gasteiger partial charge in [0.05, 0.1) is 17.7 Å². The second-order valence-electron chi connectivity index (χ2n) is 13.7. The van der Waals surface area contributed by atoms with E-state index in [9.17, 15) is 38.6 Å². The molecule has 0 spiro atoms. The van der Waals surface area contributed by atoms with Crippen LogP contribution in [0.3, 0.4) is 0 Å². The van der Waals surface area contributed by atoms with Crippen LogP contribution in [0.15, 0.2) is 66.9 Å². The fourth-order valence-corrected chi connectivity index (χ4v) is 6.65. The molecule has 3 N–H and O–H groups in total. The minimum Gasteiger partial charge on any atom is -0.465 e. The monoisotopic (exact) mass is 706 g/mol. The SMILES string of the molecule is CC(C)(C)[C@H](c1nc(-c2cc(F)ccc2F)cn1Cc1ccccc1)N(CC1CN(C(=O)O)CC1C(=O)NCCN1C(=O)C=CC1=O)C(=O)CO. The molecule has 5 amide bonds. The summed E-state index contributed by atoms with van der Waals surface area (Å²) in [5.41, 5.74) is 0.0823. The number of carboxylic acid groups (broad SMARTS) is 1. The highest BCUT2D eigenvalue weighted by atomic mass is 19.1. The summed E-state index contributed by atoms with van der Waals surface area (Å²) < 4.78 is 31.1. The maximum atomic E-state index is 15.1. The molecular formula is C36H40F2N6O7. The number of imide groups is 1. The normalized spacial score (nSPS) is 18.0. The van der Waals surface area contributed by atoms with Gasteiger partial charge in [-0.3, -0.25) is 24.1 Å². The maximum Gasteiger partial charge on any atom is 0.407 e. The number of likely N-dealkylation sites (tertiary alicyclic amines) is 1. The van der Waals surface area contributed by atoms with Gasteiger partial charge in [-0.1, -0.05) is 51.1 Å². The molecule has 2 unspecified atom stereocenters. The number of rotatable bonds is 12. The quantitative estimate of drug-likeness (QED) is 0.242. The Morgan fingerprint density at radius 3 is 2.35 bits per heavy atom. The summed E-state index contributed by atoms with van der Waals surface area (Å²) >= 11 is 0. The lowest BCUT2D eigenvalue weighted by Crippen LogP contribution is -2.48. The largest absolute Gasteiger partial charge is 0.465 e. The first-order valence-corrected chi connectivity index (χ1v) is 16.4. The predicted molar refractivity (Wildman–Crippen MR) is 180 cm³/mol. The Kier molecular flexibility index (Phi) is 11.0. The molecule has 51 heavy (non-hydrogen) atoms. The van der Waals surface area contributed by atoms with Crippen LogP contribution < -0.4 is 5.32 Å². The van der Waals surface area contributed by atoms with E-state index in [1.807, 2.05) is 51.1 Å². The number of aliphatic hydroxyl groups excluding tert-OH is 1. The van der Waals surface area contributed by atoms with Gasteiger partial charge >= 0.3 is 6.09 Å². The Labute approximate surface area is 293 Å². The molecule has 13 nitrogen and oxygen atoms in total. The molecule has 3 heterocycles. The lowest BCUT2D eigenvalue weighted by atomic mass is 9.83. The second-order valence-corrected chi connectivity index (χ2v) is 13.7. The first kappa shape index (κ1) is 36.8. The van der Waals surface area contributed by atoms with E-state index >= 15 is 4.39 Å². The standard InChI is InChI=1S/C36H40F2N6O7/c1-36(2,3)32(33-40-28(25-15-24(37)9-10-27(25)38)20-41(33)16-22-7-5-4-6-8-22)44(31(48)21-45)18-23-17-42(35(50)51)19-26(23)34(49)39-13-14-43-29(46)11-12-30(43)47/h4-12,15,20,23,26,32,45H,13-14,16-19,21H2,1-3H3,(H,39,49)(H,50,51)/t23?,26?,32-/m0/s1. The maximum absolute atomic E-state index is 15.1. The Morgan fingerprint density at radius 2 is 1.73 bits per heavy atom. The van der Waals surface area contributed by atoms with Crippen molar-refractivity contribution in [3.05, 3.63) is 89.9 Å². The molecule has 0 radical (unpaired) electrons. The molecule has 0 bridgehead atoms. The van der Waals surface area contributed by atoms with Crippen LogP contribution in [0, 0.1) is 28.9 Å². The Hall–Kier alpha value is -5.44. The minimum absolute atomic E-state index is 0.0749. The molecule has 1 aromatic heterocycles. The van der Waals surface area contributed by atoms with Crippen molar-refractivity contribution in [2.75, 3.05) is 39.3 Å². The third-order valence-electron chi connectivity index (χ3n) is 9.05. The molecule has 0 aliphatic carbocycles. The topological polar surface area (TPSA) is 165 Å². The third-order valence-corrected chi connectivity index (χ3v) is 9.05. The van der Waals surface area contributed by atoms with E-state index in [1.54, 1.807) is 10.8 Å². The number of aromatic nitrogens is 2. The van der Waals surface area contributed by atoms with Crippen molar-refractivity contribution in [1.29, 1.82) is 0 Å². The predicted octanol–water partition coefficient (Wildman–Crippen LogP) is 3.05. The zero-order valence-electron chi connectivity index (χ0n) is 28.5. The molecule has 0 saturated carbocycles. The number of aliphatic hydroxyl groups is 1. The smallest absolute Gasteiger partial charge is 0.407 e. The summed E-state index contributed by atoms with van der Waals surface area (Å²) in [5.74, 6) is -5.01. The van der Waals surface area contributed by atoms with Crippen molar-refractivity contribution < 1.29 is 43.0 Å². The van der Waals surface area contributed by atoms with Gasteiger partial charge in [0.25, 0.3) is 11.8 Å². The van der Waals surface area contributed by atoms with Crippen LogP contribution in [0.25, 0.3) is 11.3 Å². The van der Waals surface area contributed by atoms with Gasteiger partial charge in [0, 0.05) is 69.1 Å². The number of carbonyl (C=O) groups excluding carboxylic acids is 4. The number of nitrogens with zero attached hydrogens (tertiary/aromatic N) is 5. The van der Waals surface area contributed by atoms with Gasteiger partial charge in [0.2, 0.25) is 11.8 Å². The van der Waals surface area contributed by atoms with Gasteiger partial charge in [-0.15, -0.1) is 0 Å². The molecule has 1 fully saturated rings. The lowest BCUT2D eigenvalue weighted by Gasteiger charge is -2.41. The number of nitrogens with one attached hydrogen (secondary N) is 1. The summed E-state index contributed by atoms with van der Waals surface area (Å²) in [6.45, 7) is 4.25. The highest BCUT2D eigenvalue weighted by Gasteiger charge is 2.45. The van der Waals surface area contributed by atoms with Crippen LogP contribution in [-0.4, -0.2) is 104 Å². The van der Waals surface area contributed by atoms with Crippen molar-refractivity contribution in [2.45, 2.75) is 33.4 Å². The number of carbonyl (C=O) groups is 5. The van der Waals surface area contributed by atoms with E-state index in [4.69, 9.17) is 4.98 Å². The molecule has 2 aliphatic heterocycles. The number of hydrogen-bond donors (Lipinski definition) is 3. The van der Waals surface area contributed by atoms with Crippen LogP contribution in [0.5, 0.6) is 0 Å². The summed E-state index contributed by atoms with van der Waals surface area (Å²) in [5, 5.41) is 22.8. The minimum atomic E-state index is -1.26. The van der Waals surface area contributed by atoms with Crippen molar-refractivity contribution in [3.63, 3.8) is 0 Å². The Morgan fingerprint density at radius 1 is 1.04 bits per heavy atom. The van der Waals surface area contributed by atoms with Crippen LogP contribution in [0.4, 0.5) is 13.6 Å². The third kappa shape index (κ3) is 8.31. The first-order valence-electron chi connectivity index (χ1n) is 16.4. The van der Waals surface area contributed by atoms with Crippen molar-refractivity contribution in [3.8, 4) is 11.3 Å². The average Bonchev–Trinajstić information content (AvgIpc) is 3.78. The molecule has 1 saturated heterocycles. The zero-order valence-corrected chi connectivity index (χ0v) is 28.5. The first-order chi connectivity index (χ1) is 24.2. The van der Waals surface area contributed by atoms with Crippen molar-refractivity contribution in [2.24, 2.45) is 17.3 Å². The van der Waals surface area contributed by atoms with E-state index in [0.29, 0.717) is 5.82 Å². The molecule has 2 aromatic carbocycles. The van der Waals surface area contributed by atoms with Gasteiger partial charge < -0.3 is 29.9 Å². The van der Waals surface area contributed by atoms with E-state index < -0.39 is 71.3 Å². The van der Waals surface area contributed by atoms with Gasteiger partial charge in [0.15, 0.2) is 0 Å². The van der Waals surface area contributed by atoms with Crippen LogP contribution in [0.1, 0.15) is 38.2 Å². The Balaban J connectivity index is 1.51. The molecule has 15 heteroatoms. The number of halogens is 2. The van der Waals surface area contributed by atoms with Gasteiger partial charge in [-0.05, 0) is 29.2 Å². The van der Waals surface area contributed by atoms with E-state index in [0.717, 1.165) is 45.7 Å². The zero-order chi connectivity index (χ0) is 37.0. The van der Waals surface area contributed by atoms with Crippen LogP contribution in [0.2, 0.25) is 0 Å². The highest BCUT2D eigenvalue weighted by molar-refractivity contribution is 6.12. The van der Waals surface area contributed by atoms with Crippen molar-refractivity contribution in [1.82, 2.24) is 29.6 Å². The summed E-state index contributed by atoms with van der Waals surface area (Å²) in [4.78, 5) is 71.4. The van der Waals surface area contributed by atoms with Gasteiger partial charge in [0.1, 0.15) is 24.1 Å². The summed E-state index contributed by atoms with van der Waals surface area (Å²) in [6, 6.07) is 11.4. The average molecular weight is 707 g/mol. The molecule has 3 atom stereocenters. The van der Waals surface area contributed by atoms with E-state index in [1.165, 1.54) is 4.90 Å². The summed E-state index contributed by atoms with van der Waals surface area (Å²) in [7, 11) is 0. The summed E-state index contributed by atoms with van der Waals surface area (Å²) in [6.07, 6.45) is 2.57. The van der Waals surface area contributed by atoms with Gasteiger partial charge in [-0.25, -0.2) is 18.6 Å². The highest BCUT2D eigenvalue weighted by Crippen LogP contribution is 2.41. The van der Waals surface area contributed by atoms with Gasteiger partial charge in [-0.2, -0.15) is 0 Å².